The number of hydrogen-bond donors (Lipinski definition) is 1. The van der Waals surface area contributed by atoms with Gasteiger partial charge in [-0.3, -0.25) is 4.40 Å². The van der Waals surface area contributed by atoms with Gasteiger partial charge in [0.25, 0.3) is 0 Å². The number of aromatic nitrogens is 2. The van der Waals surface area contributed by atoms with Gasteiger partial charge in [-0.15, -0.1) is 4.91 Å². The molecule has 2 aromatic heterocycles. The van der Waals surface area contributed by atoms with Gasteiger partial charge in [0.1, 0.15) is 5.82 Å². The monoisotopic (exact) mass is 327 g/mol. The Kier molecular flexibility index (Phi) is 3.31. The summed E-state index contributed by atoms with van der Waals surface area (Å²) < 4.78 is 20.9. The molecule has 24 heavy (non-hydrogen) atoms. The summed E-state index contributed by atoms with van der Waals surface area (Å²) >= 11 is 0. The Balaban J connectivity index is 1.77. The van der Waals surface area contributed by atoms with Gasteiger partial charge in [0.2, 0.25) is 5.82 Å². The molecule has 3 aromatic rings. The van der Waals surface area contributed by atoms with E-state index in [1.54, 1.807) is 35.7 Å². The van der Waals surface area contributed by atoms with E-state index in [0.29, 0.717) is 23.5 Å². The molecule has 1 aliphatic rings. The number of aliphatic hydroxyl groups excluding tert-OH is 1. The minimum absolute atomic E-state index is 0.213. The zero-order valence-electron chi connectivity index (χ0n) is 12.8. The number of ether oxygens (including phenoxy) is 1. The lowest BCUT2D eigenvalue weighted by Gasteiger charge is -2.18. The van der Waals surface area contributed by atoms with E-state index < -0.39 is 12.2 Å². The van der Waals surface area contributed by atoms with Crippen molar-refractivity contribution in [1.29, 1.82) is 0 Å². The number of benzene rings is 1. The maximum Gasteiger partial charge on any atom is 0.204 e. The summed E-state index contributed by atoms with van der Waals surface area (Å²) in [5.74, 6) is 0.302. The lowest BCUT2D eigenvalue weighted by molar-refractivity contribution is 0.0502. The highest BCUT2D eigenvalue weighted by Crippen LogP contribution is 2.37. The van der Waals surface area contributed by atoms with Crippen molar-refractivity contribution in [3.8, 4) is 5.75 Å². The van der Waals surface area contributed by atoms with Crippen molar-refractivity contribution in [2.75, 3.05) is 0 Å². The van der Waals surface area contributed by atoms with E-state index in [0.717, 1.165) is 11.1 Å². The fraction of sp³-hybridized carbons (Fsp3) is 0.235. The first-order valence-corrected chi connectivity index (χ1v) is 7.52. The Hall–Kier alpha value is -2.80. The van der Waals surface area contributed by atoms with E-state index >= 15 is 0 Å². The second kappa shape index (κ2) is 5.38. The van der Waals surface area contributed by atoms with Gasteiger partial charge >= 0.3 is 0 Å². The predicted molar refractivity (Wildman–Crippen MR) is 84.9 cm³/mol. The molecule has 2 atom stereocenters. The van der Waals surface area contributed by atoms with Crippen LogP contribution in [0.15, 0.2) is 41.7 Å². The highest BCUT2D eigenvalue weighted by Gasteiger charge is 2.33. The second-order valence-electron chi connectivity index (χ2n) is 5.83. The Bertz CT molecular complexity index is 954. The summed E-state index contributed by atoms with van der Waals surface area (Å²) in [6.07, 6.45) is 0.612. The number of halogens is 1. The van der Waals surface area contributed by atoms with E-state index in [2.05, 4.69) is 10.2 Å². The molecule has 0 spiro atoms. The summed E-state index contributed by atoms with van der Waals surface area (Å²) in [6, 6.07) is 7.81. The SMILES string of the molecule is Cc1nc2c(OC3c4ccc(F)cc4CC3O)cccn2c1N=O. The highest BCUT2D eigenvalue weighted by molar-refractivity contribution is 5.61. The standard InChI is InChI=1S/C17H14FN3O3/c1-9-16(20-23)21-6-2-3-14(17(21)19-9)24-15-12-5-4-11(18)7-10(12)8-13(15)22/h2-7,13,15,22H,8H2,1H3. The normalized spacial score (nSPS) is 19.5. The lowest BCUT2D eigenvalue weighted by atomic mass is 10.1. The molecule has 0 saturated heterocycles. The van der Waals surface area contributed by atoms with Gasteiger partial charge in [-0.2, -0.15) is 0 Å². The van der Waals surface area contributed by atoms with Crippen LogP contribution in [0.2, 0.25) is 0 Å². The molecule has 0 bridgehead atoms. The Labute approximate surface area is 136 Å². The minimum atomic E-state index is -0.776. The van der Waals surface area contributed by atoms with E-state index in [-0.39, 0.29) is 11.6 Å². The number of nitrogens with zero attached hydrogens (tertiary/aromatic N) is 3. The van der Waals surface area contributed by atoms with Crippen LogP contribution in [-0.4, -0.2) is 20.6 Å². The van der Waals surface area contributed by atoms with Gasteiger partial charge in [-0.1, -0.05) is 6.07 Å². The molecule has 1 N–H and O–H groups in total. The third-order valence-corrected chi connectivity index (χ3v) is 4.29. The third-order valence-electron chi connectivity index (χ3n) is 4.29. The van der Waals surface area contributed by atoms with Gasteiger partial charge in [0.15, 0.2) is 17.5 Å². The molecule has 7 heteroatoms. The van der Waals surface area contributed by atoms with Gasteiger partial charge in [-0.05, 0) is 47.5 Å². The quantitative estimate of drug-likeness (QED) is 0.749. The molecule has 4 rings (SSSR count). The zero-order valence-corrected chi connectivity index (χ0v) is 12.8. The van der Waals surface area contributed by atoms with Gasteiger partial charge < -0.3 is 9.84 Å². The summed E-state index contributed by atoms with van der Waals surface area (Å²) in [5, 5.41) is 13.3. The fourth-order valence-corrected chi connectivity index (χ4v) is 3.19. The fourth-order valence-electron chi connectivity index (χ4n) is 3.19. The largest absolute Gasteiger partial charge is 0.479 e. The van der Waals surface area contributed by atoms with Crippen molar-refractivity contribution in [3.05, 3.63) is 64.1 Å². The van der Waals surface area contributed by atoms with Crippen LogP contribution in [0.5, 0.6) is 5.75 Å². The molecule has 0 saturated carbocycles. The maximum atomic E-state index is 13.4. The molecule has 2 heterocycles. The van der Waals surface area contributed by atoms with Crippen LogP contribution in [0, 0.1) is 17.6 Å². The third kappa shape index (κ3) is 2.16. The van der Waals surface area contributed by atoms with E-state index in [1.807, 2.05) is 0 Å². The molecule has 1 aliphatic carbocycles. The van der Waals surface area contributed by atoms with Crippen molar-refractivity contribution in [2.24, 2.45) is 5.18 Å². The number of rotatable bonds is 3. The van der Waals surface area contributed by atoms with E-state index in [4.69, 9.17) is 4.74 Å². The first kappa shape index (κ1) is 14.8. The number of pyridine rings is 1. The van der Waals surface area contributed by atoms with Crippen molar-refractivity contribution >= 4 is 11.5 Å². The molecule has 0 fully saturated rings. The first-order valence-electron chi connectivity index (χ1n) is 7.52. The van der Waals surface area contributed by atoms with Crippen molar-refractivity contribution in [3.63, 3.8) is 0 Å². The highest BCUT2D eigenvalue weighted by atomic mass is 19.1. The van der Waals surface area contributed by atoms with Crippen molar-refractivity contribution in [2.45, 2.75) is 25.6 Å². The zero-order chi connectivity index (χ0) is 16.8. The summed E-state index contributed by atoms with van der Waals surface area (Å²) in [6.45, 7) is 1.69. The average molecular weight is 327 g/mol. The lowest BCUT2D eigenvalue weighted by Crippen LogP contribution is -2.19. The summed E-state index contributed by atoms with van der Waals surface area (Å²) in [5.41, 5.74) is 2.43. The molecular formula is C17H14FN3O3. The van der Waals surface area contributed by atoms with E-state index in [9.17, 15) is 14.4 Å². The molecule has 122 valence electrons. The number of hydrogen-bond acceptors (Lipinski definition) is 5. The minimum Gasteiger partial charge on any atom is -0.479 e. The Morgan fingerprint density at radius 2 is 2.25 bits per heavy atom. The average Bonchev–Trinajstić information content (AvgIpc) is 3.04. The van der Waals surface area contributed by atoms with Crippen LogP contribution in [-0.2, 0) is 6.42 Å². The van der Waals surface area contributed by atoms with Crippen LogP contribution in [0.1, 0.15) is 22.9 Å². The Morgan fingerprint density at radius 1 is 1.42 bits per heavy atom. The van der Waals surface area contributed by atoms with E-state index in [1.165, 1.54) is 12.1 Å². The molecular weight excluding hydrogens is 313 g/mol. The summed E-state index contributed by atoms with van der Waals surface area (Å²) in [4.78, 5) is 15.3. The molecule has 0 aliphatic heterocycles. The first-order chi connectivity index (χ1) is 11.6. The second-order valence-corrected chi connectivity index (χ2v) is 5.83. The molecule has 0 amide bonds. The van der Waals surface area contributed by atoms with Crippen LogP contribution in [0.3, 0.4) is 0 Å². The number of imidazole rings is 1. The smallest absolute Gasteiger partial charge is 0.204 e. The van der Waals surface area contributed by atoms with Gasteiger partial charge in [0, 0.05) is 12.6 Å². The van der Waals surface area contributed by atoms with Crippen molar-refractivity contribution < 1.29 is 14.2 Å². The predicted octanol–water partition coefficient (Wildman–Crippen LogP) is 3.22. The number of aryl methyl sites for hydroxylation is 1. The Morgan fingerprint density at radius 3 is 3.04 bits per heavy atom. The maximum absolute atomic E-state index is 13.4. The van der Waals surface area contributed by atoms with Crippen LogP contribution < -0.4 is 4.74 Å². The summed E-state index contributed by atoms with van der Waals surface area (Å²) in [7, 11) is 0. The molecule has 0 radical (unpaired) electrons. The number of nitroso groups, excluding NO2 is 1. The van der Waals surface area contributed by atoms with Crippen LogP contribution >= 0.6 is 0 Å². The topological polar surface area (TPSA) is 76.2 Å². The molecule has 2 unspecified atom stereocenters. The number of fused-ring (bicyclic) bond motifs is 2. The van der Waals surface area contributed by atoms with Gasteiger partial charge in [0.05, 0.1) is 11.8 Å². The van der Waals surface area contributed by atoms with Crippen molar-refractivity contribution in [1.82, 2.24) is 9.38 Å². The molecule has 1 aromatic carbocycles. The van der Waals surface area contributed by atoms with Gasteiger partial charge in [-0.25, -0.2) is 9.37 Å². The number of aliphatic hydroxyl groups is 1. The van der Waals surface area contributed by atoms with Crippen LogP contribution in [0.4, 0.5) is 10.2 Å². The van der Waals surface area contributed by atoms with Crippen LogP contribution in [0.25, 0.3) is 5.65 Å². The molecule has 6 nitrogen and oxygen atoms in total.